The molecule has 3 nitrogen and oxygen atoms in total. The predicted molar refractivity (Wildman–Crippen MR) is 101 cm³/mol. The molecule has 0 aliphatic rings. The first kappa shape index (κ1) is 16.1. The first-order valence-corrected chi connectivity index (χ1v) is 8.79. The molecule has 0 aliphatic carbocycles. The van der Waals surface area contributed by atoms with Gasteiger partial charge in [0.25, 0.3) is 0 Å². The molecule has 1 aromatic heterocycles. The lowest BCUT2D eigenvalue weighted by atomic mass is 10.2. The number of rotatable bonds is 4. The Kier molecular flexibility index (Phi) is 4.43. The molecule has 0 radical (unpaired) electrons. The number of halogens is 2. The van der Waals surface area contributed by atoms with Crippen LogP contribution in [-0.2, 0) is 13.1 Å². The molecule has 1 heterocycles. The van der Waals surface area contributed by atoms with Crippen molar-refractivity contribution in [1.82, 2.24) is 9.90 Å². The zero-order valence-corrected chi connectivity index (χ0v) is 15.0. The smallest absolute Gasteiger partial charge is 0.125 e. The minimum absolute atomic E-state index is 0.700. The van der Waals surface area contributed by atoms with Gasteiger partial charge in [0.05, 0.1) is 5.21 Å². The normalized spacial score (nSPS) is 11.1. The van der Waals surface area contributed by atoms with E-state index < -0.39 is 0 Å². The second kappa shape index (κ2) is 6.87. The molecule has 0 spiro atoms. The van der Waals surface area contributed by atoms with Gasteiger partial charge >= 0.3 is 0 Å². The van der Waals surface area contributed by atoms with Crippen LogP contribution in [0.25, 0.3) is 11.0 Å². The van der Waals surface area contributed by atoms with E-state index >= 15 is 0 Å². The number of benzene rings is 3. The van der Waals surface area contributed by atoms with Crippen LogP contribution in [0.4, 0.5) is 0 Å². The molecule has 5 heteroatoms. The number of hydrogen-bond acceptors (Lipinski definition) is 1. The van der Waals surface area contributed by atoms with Gasteiger partial charge in [0.15, 0.2) is 11.0 Å². The van der Waals surface area contributed by atoms with Gasteiger partial charge in [0.2, 0.25) is 0 Å². The highest BCUT2D eigenvalue weighted by Gasteiger charge is 2.18. The van der Waals surface area contributed by atoms with Gasteiger partial charge < -0.3 is 0 Å². The summed E-state index contributed by atoms with van der Waals surface area (Å²) in [6.45, 7) is 1.40. The van der Waals surface area contributed by atoms with E-state index in [1.807, 2.05) is 70.0 Å². The number of aromatic nitrogens is 3. The van der Waals surface area contributed by atoms with Crippen molar-refractivity contribution >= 4 is 34.2 Å². The lowest BCUT2D eigenvalue weighted by molar-refractivity contribution is -0.724. The van der Waals surface area contributed by atoms with Crippen LogP contribution in [0.3, 0.4) is 0 Å². The van der Waals surface area contributed by atoms with Crippen LogP contribution in [0.2, 0.25) is 10.0 Å². The van der Waals surface area contributed by atoms with E-state index in [1.54, 1.807) is 0 Å². The SMILES string of the molecule is Clc1ccc(Cn2n[n+](Cc3ccc(Cl)cc3)c3ccccc32)cc1. The molecule has 0 fully saturated rings. The van der Waals surface area contributed by atoms with E-state index in [2.05, 4.69) is 12.1 Å². The third-order valence-electron chi connectivity index (χ3n) is 4.15. The van der Waals surface area contributed by atoms with Gasteiger partial charge in [-0.1, -0.05) is 59.6 Å². The van der Waals surface area contributed by atoms with E-state index in [1.165, 1.54) is 0 Å². The fourth-order valence-electron chi connectivity index (χ4n) is 2.89. The van der Waals surface area contributed by atoms with Crippen molar-refractivity contribution in [2.45, 2.75) is 13.1 Å². The second-order valence-electron chi connectivity index (χ2n) is 5.95. The Hall–Kier alpha value is -2.36. The lowest BCUT2D eigenvalue weighted by Crippen LogP contribution is -2.37. The number of hydrogen-bond donors (Lipinski definition) is 0. The molecule has 0 atom stereocenters. The standard InChI is InChI=1S/C20H16Cl2N3/c21-17-9-5-15(6-10-17)13-24-19-3-1-2-4-20(19)25(23-24)14-16-7-11-18(22)12-8-16/h1-12H,13-14H2/q+1. The predicted octanol–water partition coefficient (Wildman–Crippen LogP) is 4.73. The molecule has 0 saturated heterocycles. The Balaban J connectivity index is 1.70. The van der Waals surface area contributed by atoms with Crippen LogP contribution in [0.1, 0.15) is 11.1 Å². The molecule has 25 heavy (non-hydrogen) atoms. The minimum atomic E-state index is 0.700. The fraction of sp³-hybridized carbons (Fsp3) is 0.100. The summed E-state index contributed by atoms with van der Waals surface area (Å²) < 4.78 is 4.04. The molecular formula is C20H16Cl2N3+. The van der Waals surface area contributed by atoms with Crippen LogP contribution >= 0.6 is 23.2 Å². The third-order valence-corrected chi connectivity index (χ3v) is 4.65. The van der Waals surface area contributed by atoms with Gasteiger partial charge in [-0.25, -0.2) is 0 Å². The van der Waals surface area contributed by atoms with Gasteiger partial charge in [-0.2, -0.15) is 0 Å². The molecule has 0 bridgehead atoms. The van der Waals surface area contributed by atoms with E-state index in [0.717, 1.165) is 32.2 Å². The molecule has 0 unspecified atom stereocenters. The Morgan fingerprint density at radius 2 is 1.36 bits per heavy atom. The highest BCUT2D eigenvalue weighted by molar-refractivity contribution is 6.30. The summed E-state index contributed by atoms with van der Waals surface area (Å²) >= 11 is 12.0. The van der Waals surface area contributed by atoms with Crippen molar-refractivity contribution in [3.63, 3.8) is 0 Å². The summed E-state index contributed by atoms with van der Waals surface area (Å²) in [7, 11) is 0. The minimum Gasteiger partial charge on any atom is -0.125 e. The monoisotopic (exact) mass is 368 g/mol. The van der Waals surface area contributed by atoms with Crippen LogP contribution < -0.4 is 4.68 Å². The first-order chi connectivity index (χ1) is 12.2. The van der Waals surface area contributed by atoms with E-state index in [9.17, 15) is 0 Å². The molecule has 124 valence electrons. The number of para-hydroxylation sites is 2. The summed E-state index contributed by atoms with van der Waals surface area (Å²) in [5.41, 5.74) is 4.53. The van der Waals surface area contributed by atoms with Crippen LogP contribution in [0, 0.1) is 0 Å². The van der Waals surface area contributed by atoms with Crippen LogP contribution in [0.5, 0.6) is 0 Å². The van der Waals surface area contributed by atoms with Crippen molar-refractivity contribution in [3.05, 3.63) is 94.0 Å². The van der Waals surface area contributed by atoms with Gasteiger partial charge in [-0.3, -0.25) is 0 Å². The maximum absolute atomic E-state index is 5.98. The average molecular weight is 369 g/mol. The largest absolute Gasteiger partial charge is 0.198 e. The molecule has 0 amide bonds. The summed E-state index contributed by atoms with van der Waals surface area (Å²) in [4.78, 5) is 0. The third kappa shape index (κ3) is 3.53. The van der Waals surface area contributed by atoms with Gasteiger partial charge in [-0.05, 0) is 47.5 Å². The summed E-state index contributed by atoms with van der Waals surface area (Å²) in [6.07, 6.45) is 0. The van der Waals surface area contributed by atoms with E-state index in [-0.39, 0.29) is 0 Å². The quantitative estimate of drug-likeness (QED) is 0.477. The van der Waals surface area contributed by atoms with Gasteiger partial charge in [-0.15, -0.1) is 9.36 Å². The van der Waals surface area contributed by atoms with Gasteiger partial charge in [0.1, 0.15) is 13.1 Å². The maximum atomic E-state index is 5.98. The van der Waals surface area contributed by atoms with Crippen LogP contribution in [0.15, 0.2) is 72.8 Å². The van der Waals surface area contributed by atoms with E-state index in [0.29, 0.717) is 13.1 Å². The molecule has 0 saturated carbocycles. The van der Waals surface area contributed by atoms with Crippen molar-refractivity contribution in [3.8, 4) is 0 Å². The molecule has 3 aromatic carbocycles. The van der Waals surface area contributed by atoms with Crippen molar-refractivity contribution in [1.29, 1.82) is 0 Å². The highest BCUT2D eigenvalue weighted by Crippen LogP contribution is 2.15. The zero-order chi connectivity index (χ0) is 17.2. The Labute approximate surface area is 156 Å². The lowest BCUT2D eigenvalue weighted by Gasteiger charge is -1.98. The Bertz CT molecular complexity index is 924. The Morgan fingerprint density at radius 3 is 2.04 bits per heavy atom. The average Bonchev–Trinajstić information content (AvgIpc) is 2.97. The highest BCUT2D eigenvalue weighted by atomic mass is 35.5. The van der Waals surface area contributed by atoms with Gasteiger partial charge in [0, 0.05) is 10.0 Å². The Morgan fingerprint density at radius 1 is 0.760 bits per heavy atom. The molecule has 4 rings (SSSR count). The number of fused-ring (bicyclic) bond motifs is 1. The summed E-state index contributed by atoms with van der Waals surface area (Å²) in [5, 5.41) is 6.28. The topological polar surface area (TPSA) is 21.7 Å². The molecule has 0 N–H and O–H groups in total. The fourth-order valence-corrected chi connectivity index (χ4v) is 3.14. The van der Waals surface area contributed by atoms with E-state index in [4.69, 9.17) is 28.4 Å². The zero-order valence-electron chi connectivity index (χ0n) is 13.4. The number of nitrogens with zero attached hydrogens (tertiary/aromatic N) is 3. The second-order valence-corrected chi connectivity index (χ2v) is 6.82. The van der Waals surface area contributed by atoms with Crippen molar-refractivity contribution < 1.29 is 4.68 Å². The molecule has 0 aliphatic heterocycles. The maximum Gasteiger partial charge on any atom is 0.198 e. The molecular weight excluding hydrogens is 353 g/mol. The molecule has 4 aromatic rings. The van der Waals surface area contributed by atoms with Crippen molar-refractivity contribution in [2.75, 3.05) is 0 Å². The first-order valence-electron chi connectivity index (χ1n) is 8.03. The van der Waals surface area contributed by atoms with Crippen LogP contribution in [-0.4, -0.2) is 9.90 Å². The van der Waals surface area contributed by atoms with Crippen molar-refractivity contribution in [2.24, 2.45) is 0 Å². The summed E-state index contributed by atoms with van der Waals surface area (Å²) in [6, 6.07) is 24.0. The summed E-state index contributed by atoms with van der Waals surface area (Å²) in [5.74, 6) is 0.